The highest BCUT2D eigenvalue weighted by molar-refractivity contribution is 5.81. The maximum Gasteiger partial charge on any atom is 0.239 e. The van der Waals surface area contributed by atoms with Gasteiger partial charge in [-0.05, 0) is 31.2 Å². The van der Waals surface area contributed by atoms with Crippen molar-refractivity contribution >= 4 is 11.6 Å². The predicted molar refractivity (Wildman–Crippen MR) is 89.1 cm³/mol. The second-order valence-electron chi connectivity index (χ2n) is 6.25. The van der Waals surface area contributed by atoms with Crippen molar-refractivity contribution in [1.82, 2.24) is 15.1 Å². The average Bonchev–Trinajstić information content (AvgIpc) is 2.62. The summed E-state index contributed by atoms with van der Waals surface area (Å²) in [6.07, 6.45) is 0. The molecule has 2 aliphatic rings. The van der Waals surface area contributed by atoms with E-state index in [-0.39, 0.29) is 17.8 Å². The van der Waals surface area contributed by atoms with E-state index in [2.05, 4.69) is 15.1 Å². The zero-order valence-corrected chi connectivity index (χ0v) is 13.7. The van der Waals surface area contributed by atoms with E-state index < -0.39 is 0 Å². The Morgan fingerprint density at radius 1 is 1.04 bits per heavy atom. The second kappa shape index (κ2) is 7.27. The van der Waals surface area contributed by atoms with Crippen LogP contribution < -0.4 is 10.2 Å². The molecule has 2 fully saturated rings. The third-order valence-corrected chi connectivity index (χ3v) is 4.84. The molecule has 1 atom stereocenters. The molecule has 3 rings (SSSR count). The standard InChI is InChI=1S/C17H25FN4O/c1-14(20-8-6-19-7-9-20)17(23)22-12-10-21(11-13-22)16-4-2-15(18)3-5-16/h2-5,14,19H,6-13H2,1H3. The number of halogens is 1. The fourth-order valence-electron chi connectivity index (χ4n) is 3.33. The molecule has 1 amide bonds. The summed E-state index contributed by atoms with van der Waals surface area (Å²) in [6.45, 7) is 8.84. The maximum atomic E-state index is 13.0. The van der Waals surface area contributed by atoms with Crippen LogP contribution in [0.4, 0.5) is 10.1 Å². The van der Waals surface area contributed by atoms with Gasteiger partial charge in [0.1, 0.15) is 5.82 Å². The molecule has 0 saturated carbocycles. The van der Waals surface area contributed by atoms with Crippen LogP contribution in [0.15, 0.2) is 24.3 Å². The Kier molecular flexibility index (Phi) is 5.13. The summed E-state index contributed by atoms with van der Waals surface area (Å²) in [5.41, 5.74) is 1.02. The number of nitrogens with zero attached hydrogens (tertiary/aromatic N) is 3. The molecule has 1 aromatic carbocycles. The van der Waals surface area contributed by atoms with E-state index in [0.29, 0.717) is 0 Å². The summed E-state index contributed by atoms with van der Waals surface area (Å²) in [6, 6.07) is 6.53. The third-order valence-electron chi connectivity index (χ3n) is 4.84. The zero-order valence-electron chi connectivity index (χ0n) is 13.7. The van der Waals surface area contributed by atoms with Gasteiger partial charge in [-0.2, -0.15) is 0 Å². The van der Waals surface area contributed by atoms with Gasteiger partial charge in [0.2, 0.25) is 5.91 Å². The minimum absolute atomic E-state index is 0.0468. The van der Waals surface area contributed by atoms with Crippen molar-refractivity contribution in [3.8, 4) is 0 Å². The molecule has 23 heavy (non-hydrogen) atoms. The highest BCUT2D eigenvalue weighted by Crippen LogP contribution is 2.17. The number of benzene rings is 1. The van der Waals surface area contributed by atoms with Gasteiger partial charge in [-0.15, -0.1) is 0 Å². The first-order valence-corrected chi connectivity index (χ1v) is 8.39. The van der Waals surface area contributed by atoms with E-state index in [1.54, 1.807) is 12.1 Å². The third kappa shape index (κ3) is 3.82. The highest BCUT2D eigenvalue weighted by atomic mass is 19.1. The van der Waals surface area contributed by atoms with Gasteiger partial charge in [0.25, 0.3) is 0 Å². The molecule has 0 aliphatic carbocycles. The number of carbonyl (C=O) groups is 1. The molecule has 126 valence electrons. The molecule has 0 radical (unpaired) electrons. The number of carbonyl (C=O) groups excluding carboxylic acids is 1. The Hall–Kier alpha value is -1.66. The van der Waals surface area contributed by atoms with E-state index in [9.17, 15) is 9.18 Å². The number of amides is 1. The number of anilines is 1. The van der Waals surface area contributed by atoms with Crippen molar-refractivity contribution in [3.05, 3.63) is 30.1 Å². The minimum atomic E-state index is -0.215. The van der Waals surface area contributed by atoms with Crippen LogP contribution in [0.5, 0.6) is 0 Å². The van der Waals surface area contributed by atoms with Crippen molar-refractivity contribution in [1.29, 1.82) is 0 Å². The largest absolute Gasteiger partial charge is 0.368 e. The van der Waals surface area contributed by atoms with E-state index in [4.69, 9.17) is 0 Å². The van der Waals surface area contributed by atoms with Crippen molar-refractivity contribution in [2.45, 2.75) is 13.0 Å². The molecule has 1 aromatic rings. The van der Waals surface area contributed by atoms with Gasteiger partial charge in [0.05, 0.1) is 6.04 Å². The lowest BCUT2D eigenvalue weighted by Crippen LogP contribution is -2.57. The number of hydrogen-bond acceptors (Lipinski definition) is 4. The van der Waals surface area contributed by atoms with Crippen molar-refractivity contribution in [2.24, 2.45) is 0 Å². The van der Waals surface area contributed by atoms with Gasteiger partial charge < -0.3 is 15.1 Å². The molecule has 5 nitrogen and oxygen atoms in total. The molecule has 2 heterocycles. The van der Waals surface area contributed by atoms with Crippen molar-refractivity contribution < 1.29 is 9.18 Å². The van der Waals surface area contributed by atoms with E-state index in [0.717, 1.165) is 58.0 Å². The van der Waals surface area contributed by atoms with Gasteiger partial charge in [-0.1, -0.05) is 0 Å². The van der Waals surface area contributed by atoms with Crippen LogP contribution in [0.2, 0.25) is 0 Å². The van der Waals surface area contributed by atoms with Gasteiger partial charge in [0.15, 0.2) is 0 Å². The maximum absolute atomic E-state index is 13.0. The summed E-state index contributed by atoms with van der Waals surface area (Å²) in [4.78, 5) is 19.1. The molecule has 0 spiro atoms. The quantitative estimate of drug-likeness (QED) is 0.893. The average molecular weight is 320 g/mol. The second-order valence-corrected chi connectivity index (χ2v) is 6.25. The van der Waals surface area contributed by atoms with Crippen molar-refractivity contribution in [2.75, 3.05) is 57.3 Å². The van der Waals surface area contributed by atoms with Crippen LogP contribution in [0.3, 0.4) is 0 Å². The van der Waals surface area contributed by atoms with Gasteiger partial charge >= 0.3 is 0 Å². The lowest BCUT2D eigenvalue weighted by Gasteiger charge is -2.39. The Balaban J connectivity index is 1.53. The summed E-state index contributed by atoms with van der Waals surface area (Å²) in [7, 11) is 0. The first-order valence-electron chi connectivity index (χ1n) is 8.39. The molecule has 1 N–H and O–H groups in total. The SMILES string of the molecule is CC(C(=O)N1CCN(c2ccc(F)cc2)CC1)N1CCNCC1. The monoisotopic (exact) mass is 320 g/mol. The summed E-state index contributed by atoms with van der Waals surface area (Å²) >= 11 is 0. The van der Waals surface area contributed by atoms with Crippen LogP contribution in [0, 0.1) is 5.82 Å². The van der Waals surface area contributed by atoms with Crippen LogP contribution >= 0.6 is 0 Å². The Morgan fingerprint density at radius 3 is 2.26 bits per heavy atom. The lowest BCUT2D eigenvalue weighted by molar-refractivity contribution is -0.137. The summed E-state index contributed by atoms with van der Waals surface area (Å²) in [5.74, 6) is 0.0121. The molecular weight excluding hydrogens is 295 g/mol. The van der Waals surface area contributed by atoms with Crippen molar-refractivity contribution in [3.63, 3.8) is 0 Å². The number of piperazine rings is 2. The summed E-state index contributed by atoms with van der Waals surface area (Å²) in [5, 5.41) is 3.32. The van der Waals surface area contributed by atoms with Gasteiger partial charge in [0, 0.05) is 58.0 Å². The smallest absolute Gasteiger partial charge is 0.239 e. The molecule has 0 aromatic heterocycles. The lowest BCUT2D eigenvalue weighted by atomic mass is 10.2. The normalized spacial score (nSPS) is 21.3. The molecule has 2 aliphatic heterocycles. The predicted octanol–water partition coefficient (Wildman–Crippen LogP) is 0.768. The van der Waals surface area contributed by atoms with Crippen LogP contribution in [0.1, 0.15) is 6.92 Å². The van der Waals surface area contributed by atoms with E-state index in [1.165, 1.54) is 12.1 Å². The van der Waals surface area contributed by atoms with Gasteiger partial charge in [-0.3, -0.25) is 9.69 Å². The molecular formula is C17H25FN4O. The Labute approximate surface area is 137 Å². The van der Waals surface area contributed by atoms with E-state index in [1.807, 2.05) is 11.8 Å². The summed E-state index contributed by atoms with van der Waals surface area (Å²) < 4.78 is 13.0. The fraction of sp³-hybridized carbons (Fsp3) is 0.588. The van der Waals surface area contributed by atoms with Crippen LogP contribution in [0.25, 0.3) is 0 Å². The highest BCUT2D eigenvalue weighted by Gasteiger charge is 2.29. The zero-order chi connectivity index (χ0) is 16.2. The topological polar surface area (TPSA) is 38.8 Å². The Morgan fingerprint density at radius 2 is 1.65 bits per heavy atom. The minimum Gasteiger partial charge on any atom is -0.368 e. The van der Waals surface area contributed by atoms with Crippen LogP contribution in [-0.4, -0.2) is 74.1 Å². The first-order chi connectivity index (χ1) is 11.1. The van der Waals surface area contributed by atoms with Crippen LogP contribution in [-0.2, 0) is 4.79 Å². The molecule has 6 heteroatoms. The molecule has 0 bridgehead atoms. The molecule has 2 saturated heterocycles. The van der Waals surface area contributed by atoms with Gasteiger partial charge in [-0.25, -0.2) is 4.39 Å². The molecule has 1 unspecified atom stereocenters. The number of rotatable bonds is 3. The number of hydrogen-bond donors (Lipinski definition) is 1. The first kappa shape index (κ1) is 16.2. The van der Waals surface area contributed by atoms with E-state index >= 15 is 0 Å². The Bertz CT molecular complexity index is 522. The number of nitrogens with one attached hydrogen (secondary N) is 1. The fourth-order valence-corrected chi connectivity index (χ4v) is 3.33.